The van der Waals surface area contributed by atoms with Crippen LogP contribution in [0.1, 0.15) is 19.8 Å². The van der Waals surface area contributed by atoms with Gasteiger partial charge in [-0.15, -0.1) is 0 Å². The zero-order valence-electron chi connectivity index (χ0n) is 10.1. The second-order valence-corrected chi connectivity index (χ2v) is 3.78. The highest BCUT2D eigenvalue weighted by atomic mass is 16.2. The molecule has 0 spiro atoms. The monoisotopic (exact) mass is 235 g/mol. The summed E-state index contributed by atoms with van der Waals surface area (Å²) in [5.74, 6) is 0.475. The van der Waals surface area contributed by atoms with Gasteiger partial charge in [0.1, 0.15) is 5.82 Å². The van der Waals surface area contributed by atoms with Gasteiger partial charge in [-0.2, -0.15) is 0 Å². The fourth-order valence-corrected chi connectivity index (χ4v) is 1.35. The molecule has 0 unspecified atom stereocenters. The van der Waals surface area contributed by atoms with Gasteiger partial charge < -0.3 is 5.32 Å². The van der Waals surface area contributed by atoms with Crippen molar-refractivity contribution in [1.82, 2.24) is 10.2 Å². The van der Waals surface area contributed by atoms with Crippen LogP contribution in [0.15, 0.2) is 28.5 Å². The molecule has 1 aliphatic rings. The fraction of sp³-hybridized carbons (Fsp3) is 0.417. The van der Waals surface area contributed by atoms with E-state index in [-0.39, 0.29) is 12.3 Å². The van der Waals surface area contributed by atoms with Crippen LogP contribution in [0.2, 0.25) is 0 Å². The molecule has 0 atom stereocenters. The van der Waals surface area contributed by atoms with Gasteiger partial charge in [-0.05, 0) is 13.0 Å². The van der Waals surface area contributed by atoms with Gasteiger partial charge in [0.2, 0.25) is 12.3 Å². The highest BCUT2D eigenvalue weighted by molar-refractivity contribution is 5.76. The SMILES string of the molecule is CNC(=O)CCN(C=O)C1=CC=C(C)CC=N1. The van der Waals surface area contributed by atoms with E-state index in [1.54, 1.807) is 19.3 Å². The lowest BCUT2D eigenvalue weighted by molar-refractivity contribution is -0.121. The first-order chi connectivity index (χ1) is 8.17. The smallest absolute Gasteiger partial charge is 0.221 e. The molecule has 1 heterocycles. The lowest BCUT2D eigenvalue weighted by atomic mass is 10.2. The topological polar surface area (TPSA) is 61.8 Å². The minimum absolute atomic E-state index is 0.0956. The summed E-state index contributed by atoms with van der Waals surface area (Å²) in [6.07, 6.45) is 7.23. The van der Waals surface area contributed by atoms with Crippen LogP contribution in [0.25, 0.3) is 0 Å². The number of rotatable bonds is 5. The molecule has 2 amide bonds. The van der Waals surface area contributed by atoms with Gasteiger partial charge in [-0.1, -0.05) is 11.6 Å². The summed E-state index contributed by atoms with van der Waals surface area (Å²) in [6, 6.07) is 0. The van der Waals surface area contributed by atoms with Gasteiger partial charge in [0.15, 0.2) is 0 Å². The average Bonchev–Trinajstić information content (AvgIpc) is 2.55. The summed E-state index contributed by atoms with van der Waals surface area (Å²) in [4.78, 5) is 27.7. The Hall–Kier alpha value is -1.91. The first-order valence-corrected chi connectivity index (χ1v) is 5.50. The number of nitrogens with one attached hydrogen (secondary N) is 1. The van der Waals surface area contributed by atoms with Gasteiger partial charge in [-0.3, -0.25) is 14.5 Å². The minimum Gasteiger partial charge on any atom is -0.359 e. The van der Waals surface area contributed by atoms with E-state index >= 15 is 0 Å². The highest BCUT2D eigenvalue weighted by Crippen LogP contribution is 2.11. The Morgan fingerprint density at radius 3 is 3.00 bits per heavy atom. The molecular formula is C12H17N3O2. The number of amides is 2. The van der Waals surface area contributed by atoms with E-state index in [0.717, 1.165) is 6.42 Å². The molecule has 0 bridgehead atoms. The predicted molar refractivity (Wildman–Crippen MR) is 66.4 cm³/mol. The molecule has 5 nitrogen and oxygen atoms in total. The van der Waals surface area contributed by atoms with Crippen LogP contribution in [-0.4, -0.2) is 37.0 Å². The van der Waals surface area contributed by atoms with Crippen molar-refractivity contribution in [2.45, 2.75) is 19.8 Å². The maximum atomic E-state index is 11.1. The van der Waals surface area contributed by atoms with E-state index in [4.69, 9.17) is 0 Å². The third kappa shape index (κ3) is 4.22. The number of allylic oxidation sites excluding steroid dienone is 3. The molecule has 0 aliphatic carbocycles. The summed E-state index contributed by atoms with van der Waals surface area (Å²) in [7, 11) is 1.57. The number of aliphatic imine (C=N–C) groups is 1. The van der Waals surface area contributed by atoms with Crippen molar-refractivity contribution in [3.63, 3.8) is 0 Å². The van der Waals surface area contributed by atoms with Crippen molar-refractivity contribution in [1.29, 1.82) is 0 Å². The van der Waals surface area contributed by atoms with Crippen LogP contribution in [0, 0.1) is 0 Å². The highest BCUT2D eigenvalue weighted by Gasteiger charge is 2.09. The first-order valence-electron chi connectivity index (χ1n) is 5.50. The zero-order valence-corrected chi connectivity index (χ0v) is 10.1. The number of hydrogen-bond donors (Lipinski definition) is 1. The van der Waals surface area contributed by atoms with E-state index < -0.39 is 0 Å². The normalized spacial score (nSPS) is 14.5. The summed E-state index contributed by atoms with van der Waals surface area (Å²) in [6.45, 7) is 2.33. The van der Waals surface area contributed by atoms with Crippen molar-refractivity contribution in [2.75, 3.05) is 13.6 Å². The Kier molecular flexibility index (Phi) is 5.13. The van der Waals surface area contributed by atoms with Crippen LogP contribution in [0.5, 0.6) is 0 Å². The quantitative estimate of drug-likeness (QED) is 0.718. The summed E-state index contributed by atoms with van der Waals surface area (Å²) in [5, 5.41) is 2.52. The summed E-state index contributed by atoms with van der Waals surface area (Å²) < 4.78 is 0. The lowest BCUT2D eigenvalue weighted by Gasteiger charge is -2.16. The first kappa shape index (κ1) is 13.2. The molecule has 0 radical (unpaired) electrons. The van der Waals surface area contributed by atoms with Gasteiger partial charge in [0.25, 0.3) is 0 Å². The van der Waals surface area contributed by atoms with Crippen molar-refractivity contribution >= 4 is 18.5 Å². The van der Waals surface area contributed by atoms with E-state index in [9.17, 15) is 9.59 Å². The van der Waals surface area contributed by atoms with Gasteiger partial charge in [0, 0.05) is 32.6 Å². The van der Waals surface area contributed by atoms with E-state index in [0.29, 0.717) is 18.8 Å². The third-order valence-electron chi connectivity index (χ3n) is 2.43. The van der Waals surface area contributed by atoms with Crippen LogP contribution >= 0.6 is 0 Å². The maximum absolute atomic E-state index is 11.1. The van der Waals surface area contributed by atoms with E-state index in [1.165, 1.54) is 10.5 Å². The van der Waals surface area contributed by atoms with Crippen molar-refractivity contribution in [2.24, 2.45) is 4.99 Å². The Morgan fingerprint density at radius 1 is 1.59 bits per heavy atom. The molecule has 1 rings (SSSR count). The fourth-order valence-electron chi connectivity index (χ4n) is 1.35. The second-order valence-electron chi connectivity index (χ2n) is 3.78. The van der Waals surface area contributed by atoms with Crippen LogP contribution < -0.4 is 5.32 Å². The third-order valence-corrected chi connectivity index (χ3v) is 2.43. The molecule has 1 aliphatic heterocycles. The molecule has 0 saturated heterocycles. The van der Waals surface area contributed by atoms with Crippen molar-refractivity contribution in [3.05, 3.63) is 23.5 Å². The van der Waals surface area contributed by atoms with Crippen molar-refractivity contribution in [3.8, 4) is 0 Å². The maximum Gasteiger partial charge on any atom is 0.221 e. The average molecular weight is 235 g/mol. The minimum atomic E-state index is -0.0956. The summed E-state index contributed by atoms with van der Waals surface area (Å²) >= 11 is 0. The zero-order chi connectivity index (χ0) is 12.7. The molecule has 0 aromatic carbocycles. The molecule has 0 saturated carbocycles. The largest absolute Gasteiger partial charge is 0.359 e. The van der Waals surface area contributed by atoms with Gasteiger partial charge >= 0.3 is 0 Å². The van der Waals surface area contributed by atoms with E-state index in [2.05, 4.69) is 10.3 Å². The van der Waals surface area contributed by atoms with Gasteiger partial charge in [-0.25, -0.2) is 4.99 Å². The number of carbonyl (C=O) groups excluding carboxylic acids is 2. The molecule has 92 valence electrons. The molecule has 1 N–H and O–H groups in total. The lowest BCUT2D eigenvalue weighted by Crippen LogP contribution is -2.27. The van der Waals surface area contributed by atoms with Gasteiger partial charge in [0.05, 0.1) is 0 Å². The number of carbonyl (C=O) groups is 2. The number of hydrogen-bond acceptors (Lipinski definition) is 3. The molecular weight excluding hydrogens is 218 g/mol. The Bertz CT molecular complexity index is 383. The standard InChI is InChI=1S/C12H17N3O2/c1-10-3-4-11(14-7-5-10)15(9-16)8-6-12(17)13-2/h3-4,7,9H,5-6,8H2,1-2H3,(H,13,17). The summed E-state index contributed by atoms with van der Waals surface area (Å²) in [5.41, 5.74) is 1.18. The Morgan fingerprint density at radius 2 is 2.35 bits per heavy atom. The molecule has 17 heavy (non-hydrogen) atoms. The van der Waals surface area contributed by atoms with Crippen LogP contribution in [0.4, 0.5) is 0 Å². The molecule has 0 fully saturated rings. The van der Waals surface area contributed by atoms with Crippen LogP contribution in [0.3, 0.4) is 0 Å². The second kappa shape index (κ2) is 6.62. The number of nitrogens with zero attached hydrogens (tertiary/aromatic N) is 2. The Balaban J connectivity index is 2.67. The van der Waals surface area contributed by atoms with Crippen molar-refractivity contribution < 1.29 is 9.59 Å². The molecule has 0 aromatic rings. The molecule has 5 heteroatoms. The van der Waals surface area contributed by atoms with Crippen LogP contribution in [-0.2, 0) is 9.59 Å². The molecule has 0 aromatic heterocycles. The predicted octanol–water partition coefficient (Wildman–Crippen LogP) is 0.843. The van der Waals surface area contributed by atoms with E-state index in [1.807, 2.05) is 13.0 Å². The Labute approximate surface area is 101 Å².